The second-order valence-electron chi connectivity index (χ2n) is 10.2. The number of hydrogen-bond acceptors (Lipinski definition) is 0. The average molecular weight is 355 g/mol. The van der Waals surface area contributed by atoms with Gasteiger partial charge in [-0.15, -0.1) is 0 Å². The quantitative estimate of drug-likeness (QED) is 0.251. The molecule has 0 aromatic carbocycles. The van der Waals surface area contributed by atoms with E-state index in [1.807, 2.05) is 0 Å². The lowest BCUT2D eigenvalue weighted by Crippen LogP contribution is -2.42. The predicted octanol–water partition coefficient (Wildman–Crippen LogP) is 7.55. The molecule has 0 fully saturated rings. The molecular weight excluding hydrogens is 302 g/mol. The van der Waals surface area contributed by atoms with Gasteiger partial charge in [0.1, 0.15) is 0 Å². The van der Waals surface area contributed by atoms with Crippen molar-refractivity contribution in [3.63, 3.8) is 0 Å². The molecule has 0 amide bonds. The van der Waals surface area contributed by atoms with E-state index < -0.39 is 0 Å². The van der Waals surface area contributed by atoms with Gasteiger partial charge in [0, 0.05) is 0 Å². The fourth-order valence-corrected chi connectivity index (χ4v) is 3.91. The van der Waals surface area contributed by atoms with E-state index in [4.69, 9.17) is 0 Å². The topological polar surface area (TPSA) is 0 Å². The van der Waals surface area contributed by atoms with Crippen molar-refractivity contribution in [2.75, 3.05) is 27.2 Å². The molecule has 1 heteroatoms. The standard InChI is InChI=1S/C24H52N/c1-9-23(15-11-13-21(3)4)17-19-25(7,8)20-18-24(10-2)16-12-14-22(5)6/h21-24H,9-20H2,1-8H3/q+1. The van der Waals surface area contributed by atoms with Gasteiger partial charge in [-0.25, -0.2) is 0 Å². The molecule has 0 aromatic rings. The Kier molecular flexibility index (Phi) is 14.0. The predicted molar refractivity (Wildman–Crippen MR) is 116 cm³/mol. The van der Waals surface area contributed by atoms with Gasteiger partial charge in [0.25, 0.3) is 0 Å². The maximum atomic E-state index is 2.46. The third kappa shape index (κ3) is 14.8. The van der Waals surface area contributed by atoms with Crippen LogP contribution in [-0.4, -0.2) is 31.7 Å². The Bertz CT molecular complexity index is 264. The molecule has 0 saturated carbocycles. The van der Waals surface area contributed by atoms with Crippen LogP contribution in [0.15, 0.2) is 0 Å². The Labute approximate surface area is 161 Å². The summed E-state index contributed by atoms with van der Waals surface area (Å²) < 4.78 is 1.22. The molecule has 0 aromatic heterocycles. The van der Waals surface area contributed by atoms with Gasteiger partial charge in [-0.2, -0.15) is 0 Å². The van der Waals surface area contributed by atoms with Crippen LogP contribution < -0.4 is 0 Å². The SMILES string of the molecule is CCC(CCCC(C)C)CC[N+](C)(C)CCC(CC)CCCC(C)C. The van der Waals surface area contributed by atoms with Crippen molar-refractivity contribution in [1.82, 2.24) is 0 Å². The molecule has 2 atom stereocenters. The molecule has 152 valence electrons. The number of hydrogen-bond donors (Lipinski definition) is 0. The lowest BCUT2D eigenvalue weighted by Gasteiger charge is -2.33. The molecule has 0 aliphatic carbocycles. The largest absolute Gasteiger partial charge is 0.328 e. The number of nitrogens with zero attached hydrogens (tertiary/aromatic N) is 1. The van der Waals surface area contributed by atoms with E-state index in [1.54, 1.807) is 0 Å². The van der Waals surface area contributed by atoms with Crippen molar-refractivity contribution in [1.29, 1.82) is 0 Å². The van der Waals surface area contributed by atoms with Gasteiger partial charge in [0.2, 0.25) is 0 Å². The third-order valence-electron chi connectivity index (χ3n) is 6.23. The van der Waals surface area contributed by atoms with Crippen LogP contribution in [0, 0.1) is 23.7 Å². The maximum Gasteiger partial charge on any atom is 0.0785 e. The van der Waals surface area contributed by atoms with Crippen molar-refractivity contribution in [2.24, 2.45) is 23.7 Å². The minimum absolute atomic E-state index is 0.867. The van der Waals surface area contributed by atoms with Gasteiger partial charge >= 0.3 is 0 Å². The molecular formula is C24H52N+. The van der Waals surface area contributed by atoms with Gasteiger partial charge in [-0.3, -0.25) is 0 Å². The van der Waals surface area contributed by atoms with E-state index in [0.29, 0.717) is 0 Å². The molecule has 0 spiro atoms. The Morgan fingerprint density at radius 1 is 0.560 bits per heavy atom. The van der Waals surface area contributed by atoms with Crippen LogP contribution in [0.5, 0.6) is 0 Å². The number of rotatable bonds is 16. The van der Waals surface area contributed by atoms with E-state index in [1.165, 1.54) is 81.8 Å². The summed E-state index contributed by atoms with van der Waals surface area (Å²) >= 11 is 0. The normalized spacial score (nSPS) is 15.1. The molecule has 0 N–H and O–H groups in total. The molecule has 0 bridgehead atoms. The summed E-state index contributed by atoms with van der Waals surface area (Å²) in [6, 6.07) is 0. The van der Waals surface area contributed by atoms with Crippen LogP contribution >= 0.6 is 0 Å². The van der Waals surface area contributed by atoms with E-state index in [9.17, 15) is 0 Å². The first-order valence-electron chi connectivity index (χ1n) is 11.5. The first kappa shape index (κ1) is 25.0. The smallest absolute Gasteiger partial charge is 0.0785 e. The highest BCUT2D eigenvalue weighted by atomic mass is 15.3. The van der Waals surface area contributed by atoms with Crippen molar-refractivity contribution in [3.05, 3.63) is 0 Å². The summed E-state index contributed by atoms with van der Waals surface area (Å²) in [5, 5.41) is 0. The van der Waals surface area contributed by atoms with Gasteiger partial charge in [-0.05, 0) is 36.5 Å². The van der Waals surface area contributed by atoms with Crippen LogP contribution in [-0.2, 0) is 0 Å². The highest BCUT2D eigenvalue weighted by Gasteiger charge is 2.20. The van der Waals surface area contributed by atoms with Gasteiger partial charge in [0.05, 0.1) is 27.2 Å². The molecule has 0 aliphatic heterocycles. The summed E-state index contributed by atoms with van der Waals surface area (Å²) in [6.07, 6.45) is 14.1. The molecule has 1 nitrogen and oxygen atoms in total. The minimum atomic E-state index is 0.867. The fraction of sp³-hybridized carbons (Fsp3) is 1.00. The third-order valence-corrected chi connectivity index (χ3v) is 6.23. The molecule has 25 heavy (non-hydrogen) atoms. The van der Waals surface area contributed by atoms with Crippen molar-refractivity contribution >= 4 is 0 Å². The Hall–Kier alpha value is -0.0400. The van der Waals surface area contributed by atoms with E-state index in [-0.39, 0.29) is 0 Å². The van der Waals surface area contributed by atoms with Crippen LogP contribution in [0.1, 0.15) is 106 Å². The molecule has 0 radical (unpaired) electrons. The number of quaternary nitrogens is 1. The van der Waals surface area contributed by atoms with Crippen LogP contribution in [0.3, 0.4) is 0 Å². The summed E-state index contributed by atoms with van der Waals surface area (Å²) in [6.45, 7) is 16.9. The van der Waals surface area contributed by atoms with Crippen molar-refractivity contribution in [2.45, 2.75) is 106 Å². The zero-order valence-electron chi connectivity index (χ0n) is 19.2. The Balaban J connectivity index is 4.10. The Morgan fingerprint density at radius 2 is 0.920 bits per heavy atom. The van der Waals surface area contributed by atoms with E-state index in [2.05, 4.69) is 55.6 Å². The zero-order valence-corrected chi connectivity index (χ0v) is 19.2. The van der Waals surface area contributed by atoms with Crippen LogP contribution in [0.4, 0.5) is 0 Å². The van der Waals surface area contributed by atoms with Crippen molar-refractivity contribution < 1.29 is 4.48 Å². The minimum Gasteiger partial charge on any atom is -0.328 e. The van der Waals surface area contributed by atoms with Crippen LogP contribution in [0.25, 0.3) is 0 Å². The Morgan fingerprint density at radius 3 is 1.20 bits per heavy atom. The second kappa shape index (κ2) is 14.1. The van der Waals surface area contributed by atoms with Crippen molar-refractivity contribution in [3.8, 4) is 0 Å². The summed E-state index contributed by atoms with van der Waals surface area (Å²) in [7, 11) is 4.92. The second-order valence-corrected chi connectivity index (χ2v) is 10.2. The highest BCUT2D eigenvalue weighted by molar-refractivity contribution is 4.61. The average Bonchev–Trinajstić information content (AvgIpc) is 2.53. The lowest BCUT2D eigenvalue weighted by atomic mass is 9.92. The summed E-state index contributed by atoms with van der Waals surface area (Å²) in [4.78, 5) is 0. The van der Waals surface area contributed by atoms with Gasteiger partial charge in [-0.1, -0.05) is 92.9 Å². The summed E-state index contributed by atoms with van der Waals surface area (Å²) in [5.41, 5.74) is 0. The maximum absolute atomic E-state index is 2.46. The van der Waals surface area contributed by atoms with E-state index >= 15 is 0 Å². The molecule has 0 aliphatic rings. The summed E-state index contributed by atoms with van der Waals surface area (Å²) in [5.74, 6) is 3.63. The van der Waals surface area contributed by atoms with Gasteiger partial charge in [0.15, 0.2) is 0 Å². The molecule has 0 saturated heterocycles. The molecule has 2 unspecified atom stereocenters. The highest BCUT2D eigenvalue weighted by Crippen LogP contribution is 2.23. The molecule has 0 heterocycles. The fourth-order valence-electron chi connectivity index (χ4n) is 3.91. The lowest BCUT2D eigenvalue weighted by molar-refractivity contribution is -0.891. The molecule has 0 rings (SSSR count). The first-order valence-corrected chi connectivity index (χ1v) is 11.5. The first-order chi connectivity index (χ1) is 11.7. The zero-order chi connectivity index (χ0) is 19.3. The van der Waals surface area contributed by atoms with Crippen LogP contribution in [0.2, 0.25) is 0 Å². The monoisotopic (exact) mass is 354 g/mol. The van der Waals surface area contributed by atoms with Gasteiger partial charge < -0.3 is 4.48 Å². The van der Waals surface area contributed by atoms with E-state index in [0.717, 1.165) is 23.7 Å².